The molecule has 3 heteroatoms. The Morgan fingerprint density at radius 2 is 2.20 bits per heavy atom. The van der Waals surface area contributed by atoms with Crippen LogP contribution in [0.25, 0.3) is 0 Å². The summed E-state index contributed by atoms with van der Waals surface area (Å²) in [5.74, 6) is 0.539. The Bertz CT molecular complexity index is 210. The Labute approximate surface area is 92.4 Å². The molecule has 0 aliphatic heterocycles. The summed E-state index contributed by atoms with van der Waals surface area (Å²) in [6.45, 7) is 4.31. The van der Waals surface area contributed by atoms with Gasteiger partial charge in [0.25, 0.3) is 0 Å². The molecule has 1 unspecified atom stereocenters. The molecule has 0 aromatic carbocycles. The first kappa shape index (κ1) is 12.5. The van der Waals surface area contributed by atoms with Crippen LogP contribution in [0.15, 0.2) is 0 Å². The number of carbonyl (C=O) groups is 1. The van der Waals surface area contributed by atoms with Crippen molar-refractivity contribution in [1.29, 1.82) is 0 Å². The van der Waals surface area contributed by atoms with Gasteiger partial charge in [0.1, 0.15) is 5.54 Å². The van der Waals surface area contributed by atoms with E-state index in [0.717, 1.165) is 18.8 Å². The number of hydrogen-bond donors (Lipinski definition) is 1. The van der Waals surface area contributed by atoms with Gasteiger partial charge in [0.2, 0.25) is 0 Å². The Kier molecular flexibility index (Phi) is 4.58. The topological polar surface area (TPSA) is 52.3 Å². The van der Waals surface area contributed by atoms with Gasteiger partial charge in [0, 0.05) is 0 Å². The predicted molar refractivity (Wildman–Crippen MR) is 60.4 cm³/mol. The molecular formula is C12H23NO2. The van der Waals surface area contributed by atoms with Crippen LogP contribution in [0, 0.1) is 5.92 Å². The highest BCUT2D eigenvalue weighted by atomic mass is 16.5. The molecule has 1 atom stereocenters. The zero-order valence-corrected chi connectivity index (χ0v) is 9.92. The van der Waals surface area contributed by atoms with Gasteiger partial charge in [0.05, 0.1) is 6.61 Å². The van der Waals surface area contributed by atoms with Crippen LogP contribution in [0.4, 0.5) is 0 Å². The quantitative estimate of drug-likeness (QED) is 0.688. The number of nitrogens with two attached hydrogens (primary N) is 1. The van der Waals surface area contributed by atoms with Crippen molar-refractivity contribution in [1.82, 2.24) is 0 Å². The zero-order valence-electron chi connectivity index (χ0n) is 9.92. The number of carbonyl (C=O) groups excluding carboxylic acids is 1. The SMILES string of the molecule is CCCC(C)(N)C(=O)OCCC1CCC1. The van der Waals surface area contributed by atoms with E-state index < -0.39 is 5.54 Å². The van der Waals surface area contributed by atoms with Crippen molar-refractivity contribution >= 4 is 5.97 Å². The first-order valence-electron chi connectivity index (χ1n) is 6.02. The minimum absolute atomic E-state index is 0.247. The molecule has 1 rings (SSSR count). The summed E-state index contributed by atoms with van der Waals surface area (Å²) in [5.41, 5.74) is 5.06. The lowest BCUT2D eigenvalue weighted by atomic mass is 9.83. The lowest BCUT2D eigenvalue weighted by Gasteiger charge is -2.26. The Morgan fingerprint density at radius 1 is 1.53 bits per heavy atom. The second kappa shape index (κ2) is 5.50. The van der Waals surface area contributed by atoms with Gasteiger partial charge in [-0.15, -0.1) is 0 Å². The third kappa shape index (κ3) is 3.82. The Hall–Kier alpha value is -0.570. The van der Waals surface area contributed by atoms with Gasteiger partial charge in [-0.2, -0.15) is 0 Å². The summed E-state index contributed by atoms with van der Waals surface area (Å²) in [7, 11) is 0. The summed E-state index contributed by atoms with van der Waals surface area (Å²) in [6, 6.07) is 0. The zero-order chi connectivity index (χ0) is 11.3. The maximum Gasteiger partial charge on any atom is 0.325 e. The Balaban J connectivity index is 2.16. The number of esters is 1. The molecule has 88 valence electrons. The van der Waals surface area contributed by atoms with Gasteiger partial charge >= 0.3 is 5.97 Å². The summed E-state index contributed by atoms with van der Waals surface area (Å²) in [4.78, 5) is 11.6. The van der Waals surface area contributed by atoms with E-state index in [1.807, 2.05) is 6.92 Å². The van der Waals surface area contributed by atoms with E-state index >= 15 is 0 Å². The van der Waals surface area contributed by atoms with Gasteiger partial charge in [-0.3, -0.25) is 4.79 Å². The third-order valence-corrected chi connectivity index (χ3v) is 3.22. The summed E-state index contributed by atoms with van der Waals surface area (Å²) in [6.07, 6.45) is 6.54. The van der Waals surface area contributed by atoms with E-state index in [1.165, 1.54) is 19.3 Å². The first-order chi connectivity index (χ1) is 7.06. The minimum Gasteiger partial charge on any atom is -0.464 e. The monoisotopic (exact) mass is 213 g/mol. The second-order valence-corrected chi connectivity index (χ2v) is 4.89. The maximum atomic E-state index is 11.6. The molecule has 0 bridgehead atoms. The van der Waals surface area contributed by atoms with Crippen molar-refractivity contribution < 1.29 is 9.53 Å². The number of rotatable bonds is 6. The predicted octanol–water partition coefficient (Wildman–Crippen LogP) is 2.24. The number of ether oxygens (including phenoxy) is 1. The van der Waals surface area contributed by atoms with Crippen molar-refractivity contribution in [3.05, 3.63) is 0 Å². The molecule has 1 aliphatic carbocycles. The average Bonchev–Trinajstić information content (AvgIpc) is 2.08. The van der Waals surface area contributed by atoms with Crippen LogP contribution in [-0.2, 0) is 9.53 Å². The lowest BCUT2D eigenvalue weighted by Crippen LogP contribution is -2.46. The van der Waals surface area contributed by atoms with Gasteiger partial charge in [-0.1, -0.05) is 32.6 Å². The molecule has 1 fully saturated rings. The minimum atomic E-state index is -0.797. The third-order valence-electron chi connectivity index (χ3n) is 3.22. The molecule has 1 saturated carbocycles. The van der Waals surface area contributed by atoms with Crippen LogP contribution in [0.1, 0.15) is 52.4 Å². The highest BCUT2D eigenvalue weighted by Crippen LogP contribution is 2.29. The summed E-state index contributed by atoms with van der Waals surface area (Å²) < 4.78 is 5.20. The normalized spacial score (nSPS) is 20.5. The van der Waals surface area contributed by atoms with Crippen molar-refractivity contribution in [3.8, 4) is 0 Å². The van der Waals surface area contributed by atoms with E-state index in [-0.39, 0.29) is 5.97 Å². The van der Waals surface area contributed by atoms with Gasteiger partial charge in [-0.05, 0) is 25.7 Å². The van der Waals surface area contributed by atoms with E-state index in [1.54, 1.807) is 6.92 Å². The number of hydrogen-bond acceptors (Lipinski definition) is 3. The molecule has 0 amide bonds. The summed E-state index contributed by atoms with van der Waals surface area (Å²) in [5, 5.41) is 0. The molecule has 0 saturated heterocycles. The van der Waals surface area contributed by atoms with E-state index in [2.05, 4.69) is 0 Å². The molecule has 0 radical (unpaired) electrons. The van der Waals surface area contributed by atoms with E-state index in [4.69, 9.17) is 10.5 Å². The molecule has 2 N–H and O–H groups in total. The molecular weight excluding hydrogens is 190 g/mol. The fourth-order valence-electron chi connectivity index (χ4n) is 1.89. The van der Waals surface area contributed by atoms with Gasteiger partial charge in [0.15, 0.2) is 0 Å². The smallest absolute Gasteiger partial charge is 0.325 e. The standard InChI is InChI=1S/C12H23NO2/c1-3-8-12(2,13)11(14)15-9-7-10-5-4-6-10/h10H,3-9,13H2,1-2H3. The molecule has 0 aromatic rings. The molecule has 0 spiro atoms. The van der Waals surface area contributed by atoms with Gasteiger partial charge < -0.3 is 10.5 Å². The van der Waals surface area contributed by atoms with Crippen LogP contribution in [0.5, 0.6) is 0 Å². The first-order valence-corrected chi connectivity index (χ1v) is 6.02. The van der Waals surface area contributed by atoms with Crippen LogP contribution >= 0.6 is 0 Å². The average molecular weight is 213 g/mol. The lowest BCUT2D eigenvalue weighted by molar-refractivity contribution is -0.150. The van der Waals surface area contributed by atoms with Crippen LogP contribution < -0.4 is 5.73 Å². The fourth-order valence-corrected chi connectivity index (χ4v) is 1.89. The van der Waals surface area contributed by atoms with E-state index in [0.29, 0.717) is 13.0 Å². The van der Waals surface area contributed by atoms with Crippen molar-refractivity contribution in [2.75, 3.05) is 6.61 Å². The van der Waals surface area contributed by atoms with Crippen molar-refractivity contribution in [2.24, 2.45) is 11.7 Å². The summed E-state index contributed by atoms with van der Waals surface area (Å²) >= 11 is 0. The largest absolute Gasteiger partial charge is 0.464 e. The van der Waals surface area contributed by atoms with Crippen molar-refractivity contribution in [3.63, 3.8) is 0 Å². The Morgan fingerprint density at radius 3 is 2.67 bits per heavy atom. The highest BCUT2D eigenvalue weighted by molar-refractivity contribution is 5.79. The van der Waals surface area contributed by atoms with Gasteiger partial charge in [-0.25, -0.2) is 0 Å². The molecule has 0 heterocycles. The molecule has 3 nitrogen and oxygen atoms in total. The second-order valence-electron chi connectivity index (χ2n) is 4.89. The maximum absolute atomic E-state index is 11.6. The van der Waals surface area contributed by atoms with Crippen LogP contribution in [0.2, 0.25) is 0 Å². The fraction of sp³-hybridized carbons (Fsp3) is 0.917. The van der Waals surface area contributed by atoms with Crippen LogP contribution in [-0.4, -0.2) is 18.1 Å². The molecule has 1 aliphatic rings. The highest BCUT2D eigenvalue weighted by Gasteiger charge is 2.29. The van der Waals surface area contributed by atoms with E-state index in [9.17, 15) is 4.79 Å². The molecule has 15 heavy (non-hydrogen) atoms. The van der Waals surface area contributed by atoms with Crippen molar-refractivity contribution in [2.45, 2.75) is 57.9 Å². The molecule has 0 aromatic heterocycles. The van der Waals surface area contributed by atoms with Crippen LogP contribution in [0.3, 0.4) is 0 Å².